The van der Waals surface area contributed by atoms with Crippen molar-refractivity contribution in [3.05, 3.63) is 66.5 Å². The molecule has 3 rings (SSSR count). The molecule has 2 N–H and O–H groups in total. The molecule has 9 heteroatoms. The van der Waals surface area contributed by atoms with Crippen LogP contribution in [0, 0.1) is 0 Å². The van der Waals surface area contributed by atoms with Crippen molar-refractivity contribution < 1.29 is 23.1 Å². The van der Waals surface area contributed by atoms with Gasteiger partial charge in [-0.25, -0.2) is 13.1 Å². The van der Waals surface area contributed by atoms with Crippen LogP contribution in [-0.2, 0) is 21.2 Å². The standard InChI is InChI=1S/C18H17N3O5S/c1-26-16-7-6-13(11-18(22)23)10-17(16)27(24,25)20-14-4-2-5-15(12-14)21-9-3-8-19-21/h2-10,12,20H,11H2,1H3,(H,22,23). The smallest absolute Gasteiger partial charge is 0.307 e. The number of hydrogen-bond donors (Lipinski definition) is 2. The largest absolute Gasteiger partial charge is 0.495 e. The zero-order valence-electron chi connectivity index (χ0n) is 14.4. The number of rotatable bonds is 7. The molecule has 0 radical (unpaired) electrons. The second kappa shape index (κ2) is 7.50. The number of benzene rings is 2. The average molecular weight is 387 g/mol. The summed E-state index contributed by atoms with van der Waals surface area (Å²) in [5.74, 6) is -0.928. The van der Waals surface area contributed by atoms with E-state index < -0.39 is 16.0 Å². The number of methoxy groups -OCH3 is 1. The van der Waals surface area contributed by atoms with Gasteiger partial charge in [-0.2, -0.15) is 5.10 Å². The summed E-state index contributed by atoms with van der Waals surface area (Å²) in [6, 6.07) is 12.8. The topological polar surface area (TPSA) is 111 Å². The summed E-state index contributed by atoms with van der Waals surface area (Å²) in [6.07, 6.45) is 3.07. The lowest BCUT2D eigenvalue weighted by Gasteiger charge is -2.13. The Balaban J connectivity index is 1.95. The minimum absolute atomic E-state index is 0.125. The summed E-state index contributed by atoms with van der Waals surface area (Å²) in [7, 11) is -2.65. The van der Waals surface area contributed by atoms with Crippen molar-refractivity contribution in [2.75, 3.05) is 11.8 Å². The highest BCUT2D eigenvalue weighted by molar-refractivity contribution is 7.92. The van der Waals surface area contributed by atoms with E-state index >= 15 is 0 Å². The SMILES string of the molecule is COc1ccc(CC(=O)O)cc1S(=O)(=O)Nc1cccc(-n2cccn2)c1. The zero-order valence-corrected chi connectivity index (χ0v) is 15.2. The van der Waals surface area contributed by atoms with Crippen molar-refractivity contribution in [2.45, 2.75) is 11.3 Å². The van der Waals surface area contributed by atoms with Gasteiger partial charge < -0.3 is 9.84 Å². The molecule has 0 saturated heterocycles. The van der Waals surface area contributed by atoms with E-state index in [1.54, 1.807) is 47.4 Å². The fourth-order valence-corrected chi connectivity index (χ4v) is 3.83. The number of carboxylic acids is 1. The van der Waals surface area contributed by atoms with E-state index in [0.717, 1.165) is 0 Å². The van der Waals surface area contributed by atoms with Crippen LogP contribution in [-0.4, -0.2) is 36.4 Å². The molecule has 1 heterocycles. The molecule has 2 aromatic carbocycles. The summed E-state index contributed by atoms with van der Waals surface area (Å²) < 4.78 is 34.9. The van der Waals surface area contributed by atoms with Crippen LogP contribution in [0.25, 0.3) is 5.69 Å². The van der Waals surface area contributed by atoms with Crippen LogP contribution in [0.1, 0.15) is 5.56 Å². The molecule has 1 aromatic heterocycles. The van der Waals surface area contributed by atoms with Crippen molar-refractivity contribution in [3.63, 3.8) is 0 Å². The third-order valence-electron chi connectivity index (χ3n) is 3.74. The zero-order chi connectivity index (χ0) is 19.4. The molecule has 140 valence electrons. The van der Waals surface area contributed by atoms with Gasteiger partial charge >= 0.3 is 5.97 Å². The molecule has 0 saturated carbocycles. The number of nitrogens with zero attached hydrogens (tertiary/aromatic N) is 2. The average Bonchev–Trinajstić information content (AvgIpc) is 3.16. The molecule has 0 fully saturated rings. The summed E-state index contributed by atoms with van der Waals surface area (Å²) in [5.41, 5.74) is 1.38. The molecule has 8 nitrogen and oxygen atoms in total. The summed E-state index contributed by atoms with van der Waals surface area (Å²) in [4.78, 5) is 10.8. The molecule has 0 spiro atoms. The van der Waals surface area contributed by atoms with E-state index in [4.69, 9.17) is 9.84 Å². The highest BCUT2D eigenvalue weighted by Crippen LogP contribution is 2.27. The van der Waals surface area contributed by atoms with Crippen LogP contribution in [0.3, 0.4) is 0 Å². The maximum atomic E-state index is 12.9. The Bertz CT molecular complexity index is 1060. The van der Waals surface area contributed by atoms with E-state index in [1.165, 1.54) is 25.3 Å². The fourth-order valence-electron chi connectivity index (χ4n) is 2.56. The van der Waals surface area contributed by atoms with Crippen molar-refractivity contribution >= 4 is 21.7 Å². The first-order chi connectivity index (χ1) is 12.9. The molecule has 0 aliphatic rings. The van der Waals surface area contributed by atoms with E-state index in [-0.39, 0.29) is 17.1 Å². The van der Waals surface area contributed by atoms with Gasteiger partial charge in [-0.1, -0.05) is 12.1 Å². The Morgan fingerprint density at radius 1 is 1.22 bits per heavy atom. The second-order valence-corrected chi connectivity index (χ2v) is 7.31. The molecule has 0 aliphatic heterocycles. The molecule has 0 bridgehead atoms. The quantitative estimate of drug-likeness (QED) is 0.644. The first-order valence-corrected chi connectivity index (χ1v) is 9.39. The lowest BCUT2D eigenvalue weighted by Crippen LogP contribution is -2.15. The Morgan fingerprint density at radius 2 is 2.04 bits per heavy atom. The minimum atomic E-state index is -4.00. The summed E-state index contributed by atoms with van der Waals surface area (Å²) in [5, 5.41) is 13.1. The van der Waals surface area contributed by atoms with E-state index in [1.807, 2.05) is 0 Å². The summed E-state index contributed by atoms with van der Waals surface area (Å²) >= 11 is 0. The van der Waals surface area contributed by atoms with Gasteiger partial charge in [0.1, 0.15) is 10.6 Å². The van der Waals surface area contributed by atoms with Crippen molar-refractivity contribution in [3.8, 4) is 11.4 Å². The van der Waals surface area contributed by atoms with Crippen LogP contribution in [0.4, 0.5) is 5.69 Å². The van der Waals surface area contributed by atoms with Gasteiger partial charge in [0.2, 0.25) is 0 Å². The number of nitrogens with one attached hydrogen (secondary N) is 1. The molecule has 0 aliphatic carbocycles. The van der Waals surface area contributed by atoms with Gasteiger partial charge in [-0.05, 0) is 42.0 Å². The molecular weight excluding hydrogens is 370 g/mol. The fraction of sp³-hybridized carbons (Fsp3) is 0.111. The van der Waals surface area contributed by atoms with Gasteiger partial charge in [-0.3, -0.25) is 9.52 Å². The van der Waals surface area contributed by atoms with Gasteiger partial charge in [0.05, 0.1) is 24.9 Å². The first kappa shape index (κ1) is 18.5. The molecule has 3 aromatic rings. The van der Waals surface area contributed by atoms with Crippen LogP contribution < -0.4 is 9.46 Å². The third-order valence-corrected chi connectivity index (χ3v) is 5.14. The number of hydrogen-bond acceptors (Lipinski definition) is 5. The molecule has 0 atom stereocenters. The number of aromatic nitrogens is 2. The molecule has 27 heavy (non-hydrogen) atoms. The second-order valence-electron chi connectivity index (χ2n) is 5.66. The Hall–Kier alpha value is -3.33. The Kier molecular flexibility index (Phi) is 5.13. The van der Waals surface area contributed by atoms with Crippen molar-refractivity contribution in [2.24, 2.45) is 0 Å². The number of sulfonamides is 1. The van der Waals surface area contributed by atoms with Gasteiger partial charge in [0.15, 0.2) is 0 Å². The van der Waals surface area contributed by atoms with Crippen molar-refractivity contribution in [1.29, 1.82) is 0 Å². The first-order valence-electron chi connectivity index (χ1n) is 7.90. The molecule has 0 amide bonds. The highest BCUT2D eigenvalue weighted by atomic mass is 32.2. The van der Waals surface area contributed by atoms with Crippen LogP contribution in [0.2, 0.25) is 0 Å². The Labute approximate surface area is 156 Å². The van der Waals surface area contributed by atoms with Crippen molar-refractivity contribution in [1.82, 2.24) is 9.78 Å². The van der Waals surface area contributed by atoms with E-state index in [9.17, 15) is 13.2 Å². The van der Waals surface area contributed by atoms with Gasteiger partial charge in [0, 0.05) is 12.4 Å². The summed E-state index contributed by atoms with van der Waals surface area (Å²) in [6.45, 7) is 0. The minimum Gasteiger partial charge on any atom is -0.495 e. The Morgan fingerprint density at radius 3 is 2.70 bits per heavy atom. The number of carbonyl (C=O) groups is 1. The number of anilines is 1. The highest BCUT2D eigenvalue weighted by Gasteiger charge is 2.21. The predicted molar refractivity (Wildman–Crippen MR) is 98.7 cm³/mol. The molecule has 0 unspecified atom stereocenters. The predicted octanol–water partition coefficient (Wildman–Crippen LogP) is 2.31. The number of ether oxygens (including phenoxy) is 1. The number of carboxylic acid groups (broad SMARTS) is 1. The van der Waals surface area contributed by atoms with E-state index in [0.29, 0.717) is 16.9 Å². The number of aliphatic carboxylic acids is 1. The maximum absolute atomic E-state index is 12.9. The van der Waals surface area contributed by atoms with Crippen LogP contribution >= 0.6 is 0 Å². The normalized spacial score (nSPS) is 11.1. The molecular formula is C18H17N3O5S. The lowest BCUT2D eigenvalue weighted by atomic mass is 10.1. The monoisotopic (exact) mass is 387 g/mol. The van der Waals surface area contributed by atoms with Crippen LogP contribution in [0.15, 0.2) is 65.8 Å². The lowest BCUT2D eigenvalue weighted by molar-refractivity contribution is -0.136. The van der Waals surface area contributed by atoms with Gasteiger partial charge in [0.25, 0.3) is 10.0 Å². The van der Waals surface area contributed by atoms with Gasteiger partial charge in [-0.15, -0.1) is 0 Å². The van der Waals surface area contributed by atoms with E-state index in [2.05, 4.69) is 9.82 Å². The third kappa shape index (κ3) is 4.26. The van der Waals surface area contributed by atoms with Crippen LogP contribution in [0.5, 0.6) is 5.75 Å². The maximum Gasteiger partial charge on any atom is 0.307 e.